The Labute approximate surface area is 336 Å². The molecular formula is C42H40BrN5O7S. The highest BCUT2D eigenvalue weighted by molar-refractivity contribution is 9.10. The molecule has 4 heterocycles. The van der Waals surface area contributed by atoms with E-state index < -0.39 is 29.7 Å². The molecule has 3 aliphatic heterocycles. The van der Waals surface area contributed by atoms with Gasteiger partial charge in [-0.1, -0.05) is 28.1 Å². The van der Waals surface area contributed by atoms with E-state index in [1.54, 1.807) is 41.7 Å². The molecular weight excluding hydrogens is 798 g/mol. The van der Waals surface area contributed by atoms with Crippen molar-refractivity contribution in [2.75, 3.05) is 57.7 Å². The molecule has 3 N–H and O–H groups in total. The number of piperidine rings is 1. The van der Waals surface area contributed by atoms with Crippen LogP contribution >= 0.6 is 27.3 Å². The first kappa shape index (κ1) is 37.6. The maximum absolute atomic E-state index is 13.1. The number of nitrogens with one attached hydrogen (secondary N) is 2. The van der Waals surface area contributed by atoms with E-state index in [4.69, 9.17) is 9.47 Å². The standard InChI is InChI=1S/C42H40BrN5O7S/c43-27-4-2-26(3-5-27)39-38(33-13-7-29(49)25-36(33)56-39)55-31-10-8-30(9-11-31)54-23-22-47-20-18-46(19-21-47)17-1-16-44-28-6-12-32-34(24-28)42(53)48(41(32)52)35-14-15-37(50)45-40(35)51/h2-13,24-25,35,44,49H,1,14-23H2,(H,45,50,51). The molecule has 5 aromatic rings. The van der Waals surface area contributed by atoms with Crippen molar-refractivity contribution in [2.45, 2.75) is 25.3 Å². The predicted molar refractivity (Wildman–Crippen MR) is 218 cm³/mol. The van der Waals surface area contributed by atoms with Crippen LogP contribution in [0.25, 0.3) is 20.5 Å². The van der Waals surface area contributed by atoms with E-state index in [9.17, 15) is 24.3 Å². The van der Waals surface area contributed by atoms with Crippen molar-refractivity contribution in [1.29, 1.82) is 0 Å². The summed E-state index contributed by atoms with van der Waals surface area (Å²) in [5.74, 6) is 0.441. The monoisotopic (exact) mass is 837 g/mol. The van der Waals surface area contributed by atoms with Crippen molar-refractivity contribution in [1.82, 2.24) is 20.0 Å². The summed E-state index contributed by atoms with van der Waals surface area (Å²) in [7, 11) is 0. The summed E-state index contributed by atoms with van der Waals surface area (Å²) in [5, 5.41) is 16.6. The Bertz CT molecular complexity index is 2290. The van der Waals surface area contributed by atoms with Gasteiger partial charge in [0, 0.05) is 65.9 Å². The molecule has 1 unspecified atom stereocenters. The molecule has 0 saturated carbocycles. The molecule has 0 spiro atoms. The first-order chi connectivity index (χ1) is 27.2. The van der Waals surface area contributed by atoms with Gasteiger partial charge in [0.05, 0.1) is 16.0 Å². The molecule has 56 heavy (non-hydrogen) atoms. The van der Waals surface area contributed by atoms with Crippen molar-refractivity contribution >= 4 is 66.7 Å². The summed E-state index contributed by atoms with van der Waals surface area (Å²) in [5.41, 5.74) is 2.32. The number of hydrogen-bond donors (Lipinski definition) is 3. The third-order valence-corrected chi connectivity index (χ3v) is 12.1. The Morgan fingerprint density at radius 2 is 1.54 bits per heavy atom. The Morgan fingerprint density at radius 3 is 2.29 bits per heavy atom. The fourth-order valence-electron chi connectivity index (χ4n) is 7.32. The second-order valence-corrected chi connectivity index (χ2v) is 16.0. The van der Waals surface area contributed by atoms with Gasteiger partial charge >= 0.3 is 0 Å². The number of hydrogen-bond acceptors (Lipinski definition) is 11. The molecule has 2 saturated heterocycles. The number of aromatic hydroxyl groups is 1. The molecule has 3 aliphatic rings. The van der Waals surface area contributed by atoms with Gasteiger partial charge in [-0.3, -0.25) is 34.3 Å². The minimum absolute atomic E-state index is 0.0899. The summed E-state index contributed by atoms with van der Waals surface area (Å²) in [6.07, 6.45) is 1.13. The summed E-state index contributed by atoms with van der Waals surface area (Å²) >= 11 is 5.10. The normalized spacial score (nSPS) is 17.7. The zero-order valence-electron chi connectivity index (χ0n) is 30.5. The van der Waals surface area contributed by atoms with E-state index in [1.165, 1.54) is 0 Å². The highest BCUT2D eigenvalue weighted by Gasteiger charge is 2.44. The van der Waals surface area contributed by atoms with E-state index in [2.05, 4.69) is 36.4 Å². The first-order valence-electron chi connectivity index (χ1n) is 18.7. The van der Waals surface area contributed by atoms with Crippen LogP contribution in [0, 0.1) is 0 Å². The zero-order valence-corrected chi connectivity index (χ0v) is 32.9. The van der Waals surface area contributed by atoms with Crippen molar-refractivity contribution in [2.24, 2.45) is 0 Å². The van der Waals surface area contributed by atoms with E-state index in [-0.39, 0.29) is 29.7 Å². The maximum Gasteiger partial charge on any atom is 0.262 e. The lowest BCUT2D eigenvalue weighted by molar-refractivity contribution is -0.136. The fourth-order valence-corrected chi connectivity index (χ4v) is 8.75. The van der Waals surface area contributed by atoms with Gasteiger partial charge in [0.25, 0.3) is 11.8 Å². The summed E-state index contributed by atoms with van der Waals surface area (Å²) in [6.45, 7) is 6.91. The summed E-state index contributed by atoms with van der Waals surface area (Å²) < 4.78 is 14.5. The van der Waals surface area contributed by atoms with Crippen LogP contribution in [0.2, 0.25) is 0 Å². The number of halogens is 1. The lowest BCUT2D eigenvalue weighted by Gasteiger charge is -2.34. The molecule has 288 valence electrons. The van der Waals surface area contributed by atoms with Crippen LogP contribution in [0.5, 0.6) is 23.0 Å². The minimum Gasteiger partial charge on any atom is -0.508 e. The Kier molecular flexibility index (Phi) is 11.1. The van der Waals surface area contributed by atoms with E-state index in [1.807, 2.05) is 54.6 Å². The third kappa shape index (κ3) is 8.14. The number of fused-ring (bicyclic) bond motifs is 2. The number of anilines is 1. The SMILES string of the molecule is O=C1CCC(N2C(=O)c3ccc(NCCCN4CCN(CCOc5ccc(Oc6c(-c7ccc(Br)cc7)sc7cc(O)ccc67)cc5)CC4)cc3C2=O)C(=O)N1. The number of piperazine rings is 1. The molecule has 0 bridgehead atoms. The Morgan fingerprint density at radius 1 is 0.821 bits per heavy atom. The number of phenolic OH excluding ortho intramolecular Hbond substituents is 1. The number of phenols is 1. The topological polar surface area (TPSA) is 141 Å². The first-order valence-corrected chi connectivity index (χ1v) is 20.3. The van der Waals surface area contributed by atoms with Gasteiger partial charge in [0.2, 0.25) is 11.8 Å². The van der Waals surface area contributed by atoms with Crippen LogP contribution < -0.4 is 20.1 Å². The molecule has 0 radical (unpaired) electrons. The van der Waals surface area contributed by atoms with Gasteiger partial charge in [-0.2, -0.15) is 0 Å². The number of imide groups is 2. The molecule has 0 aliphatic carbocycles. The third-order valence-electron chi connectivity index (χ3n) is 10.3. The van der Waals surface area contributed by atoms with Crippen LogP contribution in [-0.4, -0.2) is 102 Å². The summed E-state index contributed by atoms with van der Waals surface area (Å²) in [4.78, 5) is 56.8. The predicted octanol–water partition coefficient (Wildman–Crippen LogP) is 6.73. The van der Waals surface area contributed by atoms with E-state index >= 15 is 0 Å². The van der Waals surface area contributed by atoms with Gasteiger partial charge < -0.3 is 24.8 Å². The van der Waals surface area contributed by atoms with E-state index in [0.717, 1.165) is 92.8 Å². The van der Waals surface area contributed by atoms with Crippen LogP contribution in [0.15, 0.2) is 89.4 Å². The lowest BCUT2D eigenvalue weighted by atomic mass is 10.0. The largest absolute Gasteiger partial charge is 0.508 e. The Hall–Kier alpha value is -5.28. The van der Waals surface area contributed by atoms with Gasteiger partial charge in [-0.05, 0) is 97.7 Å². The van der Waals surface area contributed by atoms with Crippen molar-refractivity contribution in [3.63, 3.8) is 0 Å². The zero-order chi connectivity index (χ0) is 38.8. The van der Waals surface area contributed by atoms with Gasteiger partial charge in [-0.25, -0.2) is 0 Å². The van der Waals surface area contributed by atoms with Gasteiger partial charge in [0.15, 0.2) is 5.75 Å². The lowest BCUT2D eigenvalue weighted by Crippen LogP contribution is -2.54. The smallest absolute Gasteiger partial charge is 0.262 e. The maximum atomic E-state index is 13.1. The quantitative estimate of drug-likeness (QED) is 0.0865. The summed E-state index contributed by atoms with van der Waals surface area (Å²) in [6, 6.07) is 25.2. The van der Waals surface area contributed by atoms with Crippen LogP contribution in [0.4, 0.5) is 5.69 Å². The molecule has 2 fully saturated rings. The average Bonchev–Trinajstić information content (AvgIpc) is 3.67. The van der Waals surface area contributed by atoms with Crippen LogP contribution in [0.1, 0.15) is 40.0 Å². The molecule has 14 heteroatoms. The molecule has 12 nitrogen and oxygen atoms in total. The fraction of sp³-hybridized carbons (Fsp3) is 0.286. The second-order valence-electron chi connectivity index (χ2n) is 14.0. The molecule has 8 rings (SSSR count). The number of carbonyl (C=O) groups is 4. The van der Waals surface area contributed by atoms with Crippen molar-refractivity contribution < 1.29 is 33.8 Å². The van der Waals surface area contributed by atoms with Crippen LogP contribution in [0.3, 0.4) is 0 Å². The number of benzene rings is 4. The number of thiophene rings is 1. The van der Waals surface area contributed by atoms with E-state index in [0.29, 0.717) is 18.9 Å². The molecule has 4 aromatic carbocycles. The minimum atomic E-state index is -0.973. The number of carbonyl (C=O) groups excluding carboxylic acids is 4. The van der Waals surface area contributed by atoms with Crippen LogP contribution in [-0.2, 0) is 9.59 Å². The number of nitrogens with zero attached hydrogens (tertiary/aromatic N) is 3. The van der Waals surface area contributed by atoms with Crippen molar-refractivity contribution in [3.8, 4) is 33.4 Å². The second kappa shape index (κ2) is 16.4. The van der Waals surface area contributed by atoms with Gasteiger partial charge in [0.1, 0.15) is 29.9 Å². The highest BCUT2D eigenvalue weighted by Crippen LogP contribution is 2.47. The number of amides is 4. The number of rotatable bonds is 13. The molecule has 1 atom stereocenters. The average molecular weight is 839 g/mol. The molecule has 1 aromatic heterocycles. The highest BCUT2D eigenvalue weighted by atomic mass is 79.9. The van der Waals surface area contributed by atoms with Gasteiger partial charge in [-0.15, -0.1) is 11.3 Å². The molecule has 4 amide bonds. The number of ether oxygens (including phenoxy) is 2. The van der Waals surface area contributed by atoms with Crippen molar-refractivity contribution in [3.05, 3.63) is 101 Å². The Balaban J connectivity index is 0.758.